The molecule has 3 atom stereocenters. The fourth-order valence-electron chi connectivity index (χ4n) is 3.33. The van der Waals surface area contributed by atoms with Crippen LogP contribution in [0.25, 0.3) is 5.65 Å². The topological polar surface area (TPSA) is 215 Å². The molecule has 4 heterocycles. The quantitative estimate of drug-likeness (QED) is 0.116. The molecular weight excluding hydrogens is 514 g/mol. The number of fused-ring (bicyclic) bond motifs is 2. The first kappa shape index (κ1) is 23.8. The number of rotatable bonds is 9. The van der Waals surface area contributed by atoms with E-state index in [1.165, 1.54) is 23.5 Å². The minimum atomic E-state index is -1.88. The van der Waals surface area contributed by atoms with E-state index in [2.05, 4.69) is 31.1 Å². The Balaban J connectivity index is 1.49. The molecule has 0 aliphatic carbocycles. The monoisotopic (exact) mass is 527 g/mol. The zero-order valence-electron chi connectivity index (χ0n) is 16.8. The van der Waals surface area contributed by atoms with Crippen LogP contribution >= 0.6 is 35.1 Å². The van der Waals surface area contributed by atoms with Gasteiger partial charge in [0.2, 0.25) is 11.7 Å². The average Bonchev–Trinajstić information content (AvgIpc) is 3.30. The minimum absolute atomic E-state index is 0.184. The summed E-state index contributed by atoms with van der Waals surface area (Å²) in [7, 11) is 0. The lowest BCUT2D eigenvalue weighted by Crippen LogP contribution is -2.71. The van der Waals surface area contributed by atoms with Crippen molar-refractivity contribution in [3.8, 4) is 0 Å². The number of alkyl halides is 1. The van der Waals surface area contributed by atoms with Crippen LogP contribution in [0.2, 0.25) is 0 Å². The summed E-state index contributed by atoms with van der Waals surface area (Å²) in [6.07, 6.45) is 0. The first-order valence-corrected chi connectivity index (χ1v) is 11.9. The Bertz CT molecular complexity index is 1250. The zero-order chi connectivity index (χ0) is 24.6. The van der Waals surface area contributed by atoms with Crippen molar-refractivity contribution >= 4 is 70.0 Å². The number of aliphatic carboxylic acids is 1. The van der Waals surface area contributed by atoms with Gasteiger partial charge in [-0.1, -0.05) is 11.8 Å². The lowest BCUT2D eigenvalue weighted by atomic mass is 10.0. The normalized spacial score (nSPS) is 20.5. The summed E-state index contributed by atoms with van der Waals surface area (Å²) in [5.74, 6) is -4.15. The highest BCUT2D eigenvalue weighted by molar-refractivity contribution is 8.01. The van der Waals surface area contributed by atoms with Crippen molar-refractivity contribution in [3.63, 3.8) is 0 Å². The van der Waals surface area contributed by atoms with Gasteiger partial charge in [0.25, 0.3) is 11.8 Å². The fourth-order valence-corrected chi connectivity index (χ4v) is 5.85. The van der Waals surface area contributed by atoms with Crippen LogP contribution in [0.1, 0.15) is 0 Å². The summed E-state index contributed by atoms with van der Waals surface area (Å²) in [5.41, 5.74) is 6.73. The SMILES string of the molecule is Nc1cc(SCC2=C(C(=O)O)N3C(=O)C(NC(=O)C(N=O)C(=O)CCl)[C@@H]3SC2)nn2nnnc12. The smallest absolute Gasteiger partial charge is 0.352 e. The molecule has 2 amide bonds. The van der Waals surface area contributed by atoms with Gasteiger partial charge in [0.05, 0.1) is 11.6 Å². The van der Waals surface area contributed by atoms with E-state index in [9.17, 15) is 29.2 Å². The second-order valence-electron chi connectivity index (χ2n) is 6.98. The Hall–Kier alpha value is -3.31. The third-order valence-corrected chi connectivity index (χ3v) is 7.51. The maximum Gasteiger partial charge on any atom is 0.352 e. The minimum Gasteiger partial charge on any atom is -0.477 e. The van der Waals surface area contributed by atoms with E-state index in [1.807, 2.05) is 0 Å². The molecule has 4 N–H and O–H groups in total. The van der Waals surface area contributed by atoms with Crippen molar-refractivity contribution in [2.75, 3.05) is 23.1 Å². The van der Waals surface area contributed by atoms with Crippen molar-refractivity contribution in [3.05, 3.63) is 22.2 Å². The average molecular weight is 528 g/mol. The molecule has 2 aromatic heterocycles. The van der Waals surface area contributed by atoms with Gasteiger partial charge in [-0.05, 0) is 27.2 Å². The summed E-state index contributed by atoms with van der Waals surface area (Å²) in [6.45, 7) is 0. The highest BCUT2D eigenvalue weighted by Crippen LogP contribution is 2.41. The standard InChI is InChI=1S/C16H14ClN9O6S2/c17-2-7(27)9(22-32)13(28)19-10-14(29)25-11(16(30)31)5(4-34-15(10)25)3-33-8-1-6(18)12-20-23-24-26(12)21-8/h1,9-10,15H,2-4,18H2,(H,19,28)(H,30,31)/t9?,10?,15-/m0/s1. The Kier molecular flexibility index (Phi) is 6.67. The number of aromatic nitrogens is 5. The number of halogens is 1. The van der Waals surface area contributed by atoms with Gasteiger partial charge in [-0.3, -0.25) is 19.3 Å². The van der Waals surface area contributed by atoms with Gasteiger partial charge in [0, 0.05) is 11.5 Å². The van der Waals surface area contributed by atoms with Gasteiger partial charge < -0.3 is 16.2 Å². The predicted octanol–water partition coefficient (Wildman–Crippen LogP) is -1.12. The number of carbonyl (C=O) groups excluding carboxylic acids is 3. The van der Waals surface area contributed by atoms with Crippen molar-refractivity contribution in [2.45, 2.75) is 22.5 Å². The van der Waals surface area contributed by atoms with Crippen molar-refractivity contribution in [1.82, 2.24) is 35.5 Å². The molecule has 2 aromatic rings. The maximum atomic E-state index is 12.7. The van der Waals surface area contributed by atoms with E-state index < -0.39 is 46.9 Å². The van der Waals surface area contributed by atoms with Crippen LogP contribution in [0.3, 0.4) is 0 Å². The summed E-state index contributed by atoms with van der Waals surface area (Å²) in [6, 6.07) is -1.44. The number of anilines is 1. The Labute approximate surface area is 202 Å². The largest absolute Gasteiger partial charge is 0.477 e. The number of Topliss-reactive ketones (excluding diaryl/α,β-unsaturated/α-hetero) is 1. The zero-order valence-corrected chi connectivity index (χ0v) is 19.2. The molecule has 0 aromatic carbocycles. The molecule has 15 nitrogen and oxygen atoms in total. The Morgan fingerprint density at radius 3 is 2.88 bits per heavy atom. The number of β-lactam (4-membered cyclic amide) rings is 1. The molecule has 1 saturated heterocycles. The van der Waals surface area contributed by atoms with Crippen LogP contribution in [0.5, 0.6) is 0 Å². The lowest BCUT2D eigenvalue weighted by Gasteiger charge is -2.49. The molecule has 0 radical (unpaired) electrons. The van der Waals surface area contributed by atoms with E-state index in [4.69, 9.17) is 17.3 Å². The first-order valence-electron chi connectivity index (χ1n) is 9.36. The van der Waals surface area contributed by atoms with Gasteiger partial charge in [0.15, 0.2) is 5.78 Å². The van der Waals surface area contributed by atoms with E-state index in [1.54, 1.807) is 6.07 Å². The molecule has 1 fully saturated rings. The van der Waals surface area contributed by atoms with Crippen LogP contribution in [0.4, 0.5) is 5.69 Å². The van der Waals surface area contributed by atoms with Crippen LogP contribution in [-0.4, -0.2) is 93.7 Å². The van der Waals surface area contributed by atoms with E-state index in [0.29, 0.717) is 16.3 Å². The van der Waals surface area contributed by atoms with Gasteiger partial charge in [-0.25, -0.2) is 4.79 Å². The van der Waals surface area contributed by atoms with Crippen LogP contribution in [0, 0.1) is 4.91 Å². The Morgan fingerprint density at radius 2 is 2.21 bits per heavy atom. The molecule has 0 saturated carbocycles. The number of ketones is 1. The number of carboxylic acid groups (broad SMARTS) is 1. The van der Waals surface area contributed by atoms with Gasteiger partial charge in [0.1, 0.15) is 22.1 Å². The summed E-state index contributed by atoms with van der Waals surface area (Å²) < 4.78 is 1.15. The molecule has 18 heteroatoms. The number of carbonyl (C=O) groups is 4. The molecule has 2 aliphatic heterocycles. The molecule has 2 unspecified atom stereocenters. The second-order valence-corrected chi connectivity index (χ2v) is 9.35. The predicted molar refractivity (Wildman–Crippen MR) is 119 cm³/mol. The number of carboxylic acids is 1. The molecule has 178 valence electrons. The van der Waals surface area contributed by atoms with Crippen molar-refractivity contribution in [2.24, 2.45) is 5.18 Å². The molecule has 4 rings (SSSR count). The number of hydrogen-bond donors (Lipinski definition) is 3. The van der Waals surface area contributed by atoms with Crippen LogP contribution in [0.15, 0.2) is 27.5 Å². The van der Waals surface area contributed by atoms with Gasteiger partial charge >= 0.3 is 5.97 Å². The van der Waals surface area contributed by atoms with Crippen LogP contribution in [-0.2, 0) is 19.2 Å². The number of nitrogens with two attached hydrogens (primary N) is 1. The molecule has 0 bridgehead atoms. The highest BCUT2D eigenvalue weighted by atomic mass is 35.5. The van der Waals surface area contributed by atoms with Crippen molar-refractivity contribution in [1.29, 1.82) is 0 Å². The molecule has 2 aliphatic rings. The molecule has 34 heavy (non-hydrogen) atoms. The number of hydrogen-bond acceptors (Lipinski definition) is 13. The number of tetrazole rings is 1. The molecular formula is C16H14ClN9O6S2. The number of nitrogens with zero attached hydrogens (tertiary/aromatic N) is 7. The van der Waals surface area contributed by atoms with Gasteiger partial charge in [-0.2, -0.15) is 0 Å². The van der Waals surface area contributed by atoms with Crippen LogP contribution < -0.4 is 11.1 Å². The number of nitrogen functional groups attached to an aromatic ring is 1. The van der Waals surface area contributed by atoms with E-state index in [0.717, 1.165) is 9.53 Å². The number of nitrogens with one attached hydrogen (secondary N) is 1. The van der Waals surface area contributed by atoms with Crippen molar-refractivity contribution < 1.29 is 24.3 Å². The number of amides is 2. The first-order chi connectivity index (χ1) is 16.3. The summed E-state index contributed by atoms with van der Waals surface area (Å²) >= 11 is 7.78. The maximum absolute atomic E-state index is 12.7. The summed E-state index contributed by atoms with van der Waals surface area (Å²) in [4.78, 5) is 60.4. The summed E-state index contributed by atoms with van der Waals surface area (Å²) in [5, 5.41) is 29.3. The highest BCUT2D eigenvalue weighted by Gasteiger charge is 2.54. The van der Waals surface area contributed by atoms with E-state index in [-0.39, 0.29) is 22.8 Å². The third-order valence-electron chi connectivity index (χ3n) is 4.92. The number of nitroso groups, excluding NO2 is 1. The lowest BCUT2D eigenvalue weighted by molar-refractivity contribution is -0.151. The van der Waals surface area contributed by atoms with E-state index >= 15 is 0 Å². The third kappa shape index (κ3) is 4.16. The second kappa shape index (κ2) is 9.51. The molecule has 0 spiro atoms. The Morgan fingerprint density at radius 1 is 1.44 bits per heavy atom. The fraction of sp³-hybridized carbons (Fsp3) is 0.375. The number of thioether (sulfide) groups is 2. The van der Waals surface area contributed by atoms with Gasteiger partial charge in [-0.15, -0.1) is 43.1 Å².